The Morgan fingerprint density at radius 1 is 1.27 bits per heavy atom. The van der Waals surface area contributed by atoms with Gasteiger partial charge in [0.15, 0.2) is 0 Å². The fraction of sp³-hybridized carbons (Fsp3) is 0.625. The van der Waals surface area contributed by atoms with E-state index in [1.807, 2.05) is 13.8 Å². The van der Waals surface area contributed by atoms with Gasteiger partial charge in [0.05, 0.1) is 6.04 Å². The van der Waals surface area contributed by atoms with Crippen molar-refractivity contribution >= 4 is 5.84 Å². The average molecular weight is 153 g/mol. The van der Waals surface area contributed by atoms with Gasteiger partial charge in [0, 0.05) is 11.3 Å². The summed E-state index contributed by atoms with van der Waals surface area (Å²) in [6.45, 7) is 3.74. The van der Waals surface area contributed by atoms with E-state index in [4.69, 9.17) is 11.5 Å². The highest BCUT2D eigenvalue weighted by Crippen LogP contribution is 2.23. The summed E-state index contributed by atoms with van der Waals surface area (Å²) in [5.74, 6) is 0.604. The van der Waals surface area contributed by atoms with Crippen molar-refractivity contribution in [3.8, 4) is 0 Å². The Balaban J connectivity index is 2.65. The molecule has 1 rings (SSSR count). The first kappa shape index (κ1) is 8.11. The van der Waals surface area contributed by atoms with Crippen molar-refractivity contribution in [1.82, 2.24) is 0 Å². The number of nitrogens with two attached hydrogens (primary N) is 2. The van der Waals surface area contributed by atoms with E-state index in [0.717, 1.165) is 11.3 Å². The molecule has 0 radical (unpaired) electrons. The van der Waals surface area contributed by atoms with Gasteiger partial charge in [-0.1, -0.05) is 0 Å². The Hall–Kier alpha value is -0.990. The first-order valence-electron chi connectivity index (χ1n) is 3.88. The smallest absolute Gasteiger partial charge is 0.123 e. The van der Waals surface area contributed by atoms with Gasteiger partial charge in [-0.3, -0.25) is 4.99 Å². The molecule has 0 spiro atoms. The first-order valence-corrected chi connectivity index (χ1v) is 3.88. The van der Waals surface area contributed by atoms with Gasteiger partial charge in [0.1, 0.15) is 5.84 Å². The minimum atomic E-state index is 0.476. The van der Waals surface area contributed by atoms with Crippen molar-refractivity contribution in [2.24, 2.45) is 16.5 Å². The molecule has 62 valence electrons. The lowest BCUT2D eigenvalue weighted by atomic mass is 10.2. The van der Waals surface area contributed by atoms with Crippen LogP contribution in [0.5, 0.6) is 0 Å². The molecule has 0 aromatic heterocycles. The molecule has 1 aliphatic rings. The van der Waals surface area contributed by atoms with Crippen LogP contribution in [0.1, 0.15) is 26.7 Å². The second-order valence-corrected chi connectivity index (χ2v) is 3.05. The van der Waals surface area contributed by atoms with Gasteiger partial charge < -0.3 is 11.5 Å². The largest absolute Gasteiger partial charge is 0.402 e. The topological polar surface area (TPSA) is 64.4 Å². The number of hydrogen-bond donors (Lipinski definition) is 2. The maximum Gasteiger partial charge on any atom is 0.123 e. The molecule has 0 atom stereocenters. The molecule has 4 N–H and O–H groups in total. The number of hydrogen-bond acceptors (Lipinski definition) is 2. The Morgan fingerprint density at radius 3 is 2.18 bits per heavy atom. The van der Waals surface area contributed by atoms with Crippen LogP contribution in [0.4, 0.5) is 0 Å². The minimum absolute atomic E-state index is 0.476. The number of amidine groups is 1. The lowest BCUT2D eigenvalue weighted by Crippen LogP contribution is -2.17. The Labute approximate surface area is 67.2 Å². The summed E-state index contributed by atoms with van der Waals surface area (Å²) in [5, 5.41) is 0. The third-order valence-corrected chi connectivity index (χ3v) is 1.84. The monoisotopic (exact) mass is 153 g/mol. The van der Waals surface area contributed by atoms with E-state index in [-0.39, 0.29) is 0 Å². The van der Waals surface area contributed by atoms with Crippen LogP contribution in [-0.4, -0.2) is 11.9 Å². The summed E-state index contributed by atoms with van der Waals surface area (Å²) in [5.41, 5.74) is 12.9. The normalized spacial score (nSPS) is 21.5. The number of nitrogens with zero attached hydrogens (tertiary/aromatic N) is 1. The number of rotatable bonds is 2. The summed E-state index contributed by atoms with van der Waals surface area (Å²) >= 11 is 0. The van der Waals surface area contributed by atoms with Crippen molar-refractivity contribution in [2.45, 2.75) is 32.7 Å². The van der Waals surface area contributed by atoms with E-state index >= 15 is 0 Å². The Morgan fingerprint density at radius 2 is 1.82 bits per heavy atom. The summed E-state index contributed by atoms with van der Waals surface area (Å²) in [6, 6.07) is 0.476. The molecule has 1 aliphatic carbocycles. The van der Waals surface area contributed by atoms with Crippen molar-refractivity contribution in [1.29, 1.82) is 0 Å². The minimum Gasteiger partial charge on any atom is -0.402 e. The molecule has 0 amide bonds. The van der Waals surface area contributed by atoms with Gasteiger partial charge in [0.25, 0.3) is 0 Å². The fourth-order valence-corrected chi connectivity index (χ4v) is 0.699. The molecule has 0 bridgehead atoms. The maximum absolute atomic E-state index is 5.67. The molecular weight excluding hydrogens is 138 g/mol. The van der Waals surface area contributed by atoms with Crippen LogP contribution < -0.4 is 11.5 Å². The van der Waals surface area contributed by atoms with Crippen molar-refractivity contribution in [2.75, 3.05) is 0 Å². The predicted octanol–water partition coefficient (Wildman–Crippen LogP) is 0.759. The average Bonchev–Trinajstić information content (AvgIpc) is 2.69. The van der Waals surface area contributed by atoms with Gasteiger partial charge >= 0.3 is 0 Å². The fourth-order valence-electron chi connectivity index (χ4n) is 0.699. The Bertz CT molecular complexity index is 207. The third-order valence-electron chi connectivity index (χ3n) is 1.84. The summed E-state index contributed by atoms with van der Waals surface area (Å²) in [7, 11) is 0. The standard InChI is InChI=1S/C8H15N3/c1-5(6(2)9)8(10)11-7-3-4-7/h7H,3-4,9H2,1-2H3,(H2,10,11). The first-order chi connectivity index (χ1) is 5.11. The highest BCUT2D eigenvalue weighted by molar-refractivity contribution is 5.97. The van der Waals surface area contributed by atoms with Crippen LogP contribution in [0, 0.1) is 0 Å². The van der Waals surface area contributed by atoms with E-state index < -0.39 is 0 Å². The quantitative estimate of drug-likeness (QED) is 0.454. The van der Waals surface area contributed by atoms with Crippen molar-refractivity contribution in [3.63, 3.8) is 0 Å². The number of aliphatic imine (C=N–C) groups is 1. The molecule has 1 saturated carbocycles. The van der Waals surface area contributed by atoms with Gasteiger partial charge in [-0.05, 0) is 26.7 Å². The molecule has 0 saturated heterocycles. The molecule has 1 fully saturated rings. The van der Waals surface area contributed by atoms with Crippen LogP contribution in [-0.2, 0) is 0 Å². The number of allylic oxidation sites excluding steroid dienone is 1. The van der Waals surface area contributed by atoms with E-state index in [9.17, 15) is 0 Å². The van der Waals surface area contributed by atoms with Crippen molar-refractivity contribution in [3.05, 3.63) is 11.3 Å². The SMILES string of the molecule is CC(N)=C(C)C(N)=NC1CC1. The second kappa shape index (κ2) is 2.95. The van der Waals surface area contributed by atoms with E-state index in [2.05, 4.69) is 4.99 Å². The molecule has 11 heavy (non-hydrogen) atoms. The van der Waals surface area contributed by atoms with Gasteiger partial charge in [0.2, 0.25) is 0 Å². The zero-order valence-corrected chi connectivity index (χ0v) is 7.09. The van der Waals surface area contributed by atoms with E-state index in [1.165, 1.54) is 12.8 Å². The highest BCUT2D eigenvalue weighted by atomic mass is 14.9. The maximum atomic E-state index is 5.67. The zero-order chi connectivity index (χ0) is 8.43. The van der Waals surface area contributed by atoms with Crippen LogP contribution >= 0.6 is 0 Å². The van der Waals surface area contributed by atoms with Crippen LogP contribution in [0.3, 0.4) is 0 Å². The van der Waals surface area contributed by atoms with Crippen LogP contribution in [0.2, 0.25) is 0 Å². The van der Waals surface area contributed by atoms with Crippen molar-refractivity contribution < 1.29 is 0 Å². The lowest BCUT2D eigenvalue weighted by molar-refractivity contribution is 1.05. The Kier molecular flexibility index (Phi) is 2.17. The molecule has 0 aliphatic heterocycles. The third kappa shape index (κ3) is 2.26. The highest BCUT2D eigenvalue weighted by Gasteiger charge is 2.20. The van der Waals surface area contributed by atoms with E-state index in [1.54, 1.807) is 0 Å². The molecule has 0 heterocycles. The second-order valence-electron chi connectivity index (χ2n) is 3.05. The molecule has 3 nitrogen and oxygen atoms in total. The lowest BCUT2D eigenvalue weighted by Gasteiger charge is -2.01. The van der Waals surface area contributed by atoms with E-state index in [0.29, 0.717) is 11.9 Å². The summed E-state index contributed by atoms with van der Waals surface area (Å²) < 4.78 is 0. The molecular formula is C8H15N3. The van der Waals surface area contributed by atoms with Gasteiger partial charge in [-0.15, -0.1) is 0 Å². The van der Waals surface area contributed by atoms with Gasteiger partial charge in [-0.25, -0.2) is 0 Å². The molecule has 0 aromatic rings. The van der Waals surface area contributed by atoms with Gasteiger partial charge in [-0.2, -0.15) is 0 Å². The summed E-state index contributed by atoms with van der Waals surface area (Å²) in [4.78, 5) is 4.27. The molecule has 0 unspecified atom stereocenters. The zero-order valence-electron chi connectivity index (χ0n) is 7.09. The van der Waals surface area contributed by atoms with Crippen LogP contribution in [0.25, 0.3) is 0 Å². The molecule has 0 aromatic carbocycles. The molecule has 3 heteroatoms. The van der Waals surface area contributed by atoms with Crippen LogP contribution in [0.15, 0.2) is 16.3 Å². The summed E-state index contributed by atoms with van der Waals surface area (Å²) in [6.07, 6.45) is 2.36. The predicted molar refractivity (Wildman–Crippen MR) is 47.2 cm³/mol.